The zero-order valence-electron chi connectivity index (χ0n) is 16.5. The van der Waals surface area contributed by atoms with E-state index in [1.54, 1.807) is 0 Å². The minimum absolute atomic E-state index is 0.450. The Morgan fingerprint density at radius 1 is 1.24 bits per heavy atom. The third-order valence-corrected chi connectivity index (χ3v) is 5.29. The Hall–Kier alpha value is -1.55. The molecule has 2 N–H and O–H groups in total. The second-order valence-corrected chi connectivity index (χ2v) is 7.18. The molecule has 0 radical (unpaired) electrons. The van der Waals surface area contributed by atoms with E-state index >= 15 is 0 Å². The van der Waals surface area contributed by atoms with Gasteiger partial charge in [-0.2, -0.15) is 0 Å². The van der Waals surface area contributed by atoms with Crippen LogP contribution in [0.5, 0.6) is 0 Å². The van der Waals surface area contributed by atoms with Crippen molar-refractivity contribution in [2.75, 3.05) is 33.2 Å². The van der Waals surface area contributed by atoms with E-state index in [0.29, 0.717) is 6.04 Å². The molecule has 3 unspecified atom stereocenters. The van der Waals surface area contributed by atoms with Crippen LogP contribution in [0.25, 0.3) is 0 Å². The first kappa shape index (κ1) is 19.8. The van der Waals surface area contributed by atoms with Gasteiger partial charge in [0.25, 0.3) is 0 Å². The highest BCUT2D eigenvalue weighted by Gasteiger charge is 2.37. The van der Waals surface area contributed by atoms with Crippen molar-refractivity contribution in [3.63, 3.8) is 0 Å². The van der Waals surface area contributed by atoms with Gasteiger partial charge in [0.2, 0.25) is 0 Å². The molecule has 4 nitrogen and oxygen atoms in total. The summed E-state index contributed by atoms with van der Waals surface area (Å²) in [7, 11) is 1.86. The van der Waals surface area contributed by atoms with Gasteiger partial charge in [0, 0.05) is 19.6 Å². The molecule has 0 saturated heterocycles. The van der Waals surface area contributed by atoms with E-state index in [1.807, 2.05) is 7.05 Å². The number of nitrogens with one attached hydrogen (secondary N) is 2. The first-order valence-corrected chi connectivity index (χ1v) is 9.92. The number of guanidine groups is 1. The van der Waals surface area contributed by atoms with E-state index in [4.69, 9.17) is 0 Å². The van der Waals surface area contributed by atoms with Crippen LogP contribution in [0.3, 0.4) is 0 Å². The van der Waals surface area contributed by atoms with Crippen LogP contribution < -0.4 is 10.6 Å². The molecule has 4 heteroatoms. The molecule has 1 fully saturated rings. The summed E-state index contributed by atoms with van der Waals surface area (Å²) in [6.45, 7) is 11.2. The Labute approximate surface area is 154 Å². The fourth-order valence-electron chi connectivity index (χ4n) is 3.47. The van der Waals surface area contributed by atoms with Crippen LogP contribution in [0.1, 0.15) is 51.5 Å². The summed E-state index contributed by atoms with van der Waals surface area (Å²) in [6, 6.07) is 11.3. The van der Waals surface area contributed by atoms with Gasteiger partial charge in [-0.3, -0.25) is 4.99 Å². The first-order chi connectivity index (χ1) is 12.2. The molecule has 140 valence electrons. The summed E-state index contributed by atoms with van der Waals surface area (Å²) in [5, 5.41) is 7.05. The molecular weight excluding hydrogens is 308 g/mol. The molecule has 1 saturated carbocycles. The molecule has 0 amide bonds. The highest BCUT2D eigenvalue weighted by molar-refractivity contribution is 5.79. The average Bonchev–Trinajstić information content (AvgIpc) is 3.42. The molecule has 0 aliphatic heterocycles. The van der Waals surface area contributed by atoms with E-state index in [-0.39, 0.29) is 0 Å². The van der Waals surface area contributed by atoms with Gasteiger partial charge < -0.3 is 15.5 Å². The van der Waals surface area contributed by atoms with E-state index in [2.05, 4.69) is 71.6 Å². The van der Waals surface area contributed by atoms with E-state index in [0.717, 1.165) is 37.4 Å². The highest BCUT2D eigenvalue weighted by Crippen LogP contribution is 2.46. The lowest BCUT2D eigenvalue weighted by Crippen LogP contribution is -2.43. The molecule has 1 aliphatic rings. The van der Waals surface area contributed by atoms with E-state index in [9.17, 15) is 0 Å². The highest BCUT2D eigenvalue weighted by atomic mass is 15.2. The Morgan fingerprint density at radius 3 is 2.60 bits per heavy atom. The number of nitrogens with zero attached hydrogens (tertiary/aromatic N) is 2. The van der Waals surface area contributed by atoms with Gasteiger partial charge in [0.15, 0.2) is 5.96 Å². The lowest BCUT2D eigenvalue weighted by Gasteiger charge is -2.21. The van der Waals surface area contributed by atoms with Crippen LogP contribution in [-0.4, -0.2) is 50.1 Å². The second kappa shape index (κ2) is 10.4. The maximum atomic E-state index is 4.39. The summed E-state index contributed by atoms with van der Waals surface area (Å²) in [5.41, 5.74) is 1.47. The van der Waals surface area contributed by atoms with Crippen LogP contribution in [0.4, 0.5) is 0 Å². The van der Waals surface area contributed by atoms with Crippen LogP contribution in [0.2, 0.25) is 0 Å². The zero-order valence-corrected chi connectivity index (χ0v) is 16.5. The van der Waals surface area contributed by atoms with Crippen molar-refractivity contribution in [3.05, 3.63) is 35.9 Å². The molecule has 0 aromatic heterocycles. The van der Waals surface area contributed by atoms with Gasteiger partial charge in [-0.05, 0) is 63.2 Å². The van der Waals surface area contributed by atoms with E-state index in [1.165, 1.54) is 31.4 Å². The van der Waals surface area contributed by atoms with Crippen molar-refractivity contribution >= 4 is 5.96 Å². The molecule has 0 heterocycles. The molecule has 2 rings (SSSR count). The quantitative estimate of drug-likeness (QED) is 0.504. The predicted molar refractivity (Wildman–Crippen MR) is 108 cm³/mol. The van der Waals surface area contributed by atoms with Gasteiger partial charge in [0.05, 0.1) is 0 Å². The van der Waals surface area contributed by atoms with Crippen molar-refractivity contribution in [1.82, 2.24) is 15.5 Å². The summed E-state index contributed by atoms with van der Waals surface area (Å²) in [5.74, 6) is 2.39. The van der Waals surface area contributed by atoms with Crippen molar-refractivity contribution < 1.29 is 0 Å². The number of hydrogen-bond donors (Lipinski definition) is 2. The third-order valence-electron chi connectivity index (χ3n) is 5.29. The van der Waals surface area contributed by atoms with Gasteiger partial charge in [-0.1, -0.05) is 44.2 Å². The van der Waals surface area contributed by atoms with Gasteiger partial charge >= 0.3 is 0 Å². The lowest BCUT2D eigenvalue weighted by molar-refractivity contribution is 0.292. The molecule has 1 aromatic rings. The minimum Gasteiger partial charge on any atom is -0.356 e. The first-order valence-electron chi connectivity index (χ1n) is 9.92. The smallest absolute Gasteiger partial charge is 0.191 e. The normalized spacial score (nSPS) is 21.2. The van der Waals surface area contributed by atoms with Crippen LogP contribution in [-0.2, 0) is 0 Å². The summed E-state index contributed by atoms with van der Waals surface area (Å²) < 4.78 is 0. The van der Waals surface area contributed by atoms with Crippen molar-refractivity contribution in [3.8, 4) is 0 Å². The van der Waals surface area contributed by atoms with Crippen LogP contribution in [0.15, 0.2) is 35.3 Å². The number of hydrogen-bond acceptors (Lipinski definition) is 2. The molecule has 0 bridgehead atoms. The molecule has 1 aliphatic carbocycles. The number of aliphatic imine (C=N–C) groups is 1. The number of rotatable bonds is 10. The lowest BCUT2D eigenvalue weighted by atomic mass is 10.1. The molecule has 3 atom stereocenters. The van der Waals surface area contributed by atoms with Gasteiger partial charge in [0.1, 0.15) is 0 Å². The SMILES string of the molecule is CCN(CC)CCCC(C)NC(=NC)NCC1CC1c1ccccc1. The summed E-state index contributed by atoms with van der Waals surface area (Å²) in [4.78, 5) is 6.87. The average molecular weight is 345 g/mol. The zero-order chi connectivity index (χ0) is 18.1. The third kappa shape index (κ3) is 6.69. The molecular formula is C21H36N4. The Balaban J connectivity index is 1.64. The van der Waals surface area contributed by atoms with Crippen LogP contribution >= 0.6 is 0 Å². The monoisotopic (exact) mass is 344 g/mol. The fourth-order valence-corrected chi connectivity index (χ4v) is 3.47. The van der Waals surface area contributed by atoms with Crippen molar-refractivity contribution in [1.29, 1.82) is 0 Å². The summed E-state index contributed by atoms with van der Waals surface area (Å²) >= 11 is 0. The summed E-state index contributed by atoms with van der Waals surface area (Å²) in [6.07, 6.45) is 3.69. The van der Waals surface area contributed by atoms with Gasteiger partial charge in [-0.25, -0.2) is 0 Å². The topological polar surface area (TPSA) is 39.7 Å². The standard InChI is InChI=1S/C21H36N4/c1-5-25(6-2)14-10-11-17(3)24-21(22-4)23-16-19-15-20(19)18-12-8-7-9-13-18/h7-9,12-13,17,19-20H,5-6,10-11,14-16H2,1-4H3,(H2,22,23,24). The largest absolute Gasteiger partial charge is 0.356 e. The second-order valence-electron chi connectivity index (χ2n) is 7.18. The van der Waals surface area contributed by atoms with E-state index < -0.39 is 0 Å². The number of benzene rings is 1. The van der Waals surface area contributed by atoms with Crippen LogP contribution in [0, 0.1) is 5.92 Å². The maximum absolute atomic E-state index is 4.39. The van der Waals surface area contributed by atoms with Crippen molar-refractivity contribution in [2.24, 2.45) is 10.9 Å². The molecule has 0 spiro atoms. The molecule has 1 aromatic carbocycles. The Morgan fingerprint density at radius 2 is 1.96 bits per heavy atom. The van der Waals surface area contributed by atoms with Crippen molar-refractivity contribution in [2.45, 2.75) is 52.0 Å². The fraction of sp³-hybridized carbons (Fsp3) is 0.667. The van der Waals surface area contributed by atoms with Gasteiger partial charge in [-0.15, -0.1) is 0 Å². The Kier molecular flexibility index (Phi) is 8.26. The minimum atomic E-state index is 0.450. The predicted octanol–water partition coefficient (Wildman–Crippen LogP) is 3.47. The maximum Gasteiger partial charge on any atom is 0.191 e. The Bertz CT molecular complexity index is 510. The molecule has 25 heavy (non-hydrogen) atoms.